The van der Waals surface area contributed by atoms with E-state index < -0.39 is 0 Å². The van der Waals surface area contributed by atoms with Crippen LogP contribution >= 0.6 is 0 Å². The number of fused-ring (bicyclic) bond motifs is 2. The quantitative estimate of drug-likeness (QED) is 0.325. The van der Waals surface area contributed by atoms with Crippen LogP contribution in [0.15, 0.2) is 109 Å². The smallest absolute Gasteiger partial charge is 0.140 e. The van der Waals surface area contributed by atoms with Crippen molar-refractivity contribution in [3.05, 3.63) is 126 Å². The van der Waals surface area contributed by atoms with Gasteiger partial charge in [-0.3, -0.25) is 0 Å². The number of hydrogen-bond donors (Lipinski definition) is 2. The molecule has 6 rings (SSSR count). The number of benzene rings is 4. The van der Waals surface area contributed by atoms with Crippen molar-refractivity contribution < 1.29 is 4.39 Å². The molecule has 1 aromatic heterocycles. The van der Waals surface area contributed by atoms with Crippen molar-refractivity contribution in [3.63, 3.8) is 0 Å². The first kappa shape index (κ1) is 19.3. The molecule has 0 bridgehead atoms. The number of nitrogens with one attached hydrogen (secondary N) is 2. The topological polar surface area (TPSA) is 41.9 Å². The average Bonchev–Trinajstić information content (AvgIpc) is 3.15. The van der Waals surface area contributed by atoms with Crippen LogP contribution in [0.4, 0.5) is 21.6 Å². The summed E-state index contributed by atoms with van der Waals surface area (Å²) in [5, 5.41) is 12.4. The lowest BCUT2D eigenvalue weighted by molar-refractivity contribution is 0.626. The maximum Gasteiger partial charge on any atom is 0.140 e. The molecule has 33 heavy (non-hydrogen) atoms. The number of aromatic nitrogens is 2. The molecule has 0 amide bonds. The SMILES string of the molecule is Fc1ccc([C@H]2Nc3ccccc3Nc3c2c(-c2ccccc2)nn3-c2ccccc2)cc1. The highest BCUT2D eigenvalue weighted by molar-refractivity contribution is 5.83. The van der Waals surface area contributed by atoms with Gasteiger partial charge in [0.25, 0.3) is 0 Å². The lowest BCUT2D eigenvalue weighted by Gasteiger charge is -2.20. The second-order valence-electron chi connectivity index (χ2n) is 8.02. The molecule has 1 aliphatic heterocycles. The summed E-state index contributed by atoms with van der Waals surface area (Å²) in [6.45, 7) is 0. The molecule has 4 nitrogen and oxygen atoms in total. The summed E-state index contributed by atoms with van der Waals surface area (Å²) >= 11 is 0. The lowest BCUT2D eigenvalue weighted by atomic mass is 9.95. The van der Waals surface area contributed by atoms with E-state index in [2.05, 4.69) is 22.8 Å². The summed E-state index contributed by atoms with van der Waals surface area (Å²) in [5.74, 6) is 0.626. The maximum absolute atomic E-state index is 13.8. The summed E-state index contributed by atoms with van der Waals surface area (Å²) in [7, 11) is 0. The van der Waals surface area contributed by atoms with Gasteiger partial charge in [-0.1, -0.05) is 72.8 Å². The number of nitrogens with zero attached hydrogens (tertiary/aromatic N) is 2. The van der Waals surface area contributed by atoms with Crippen LogP contribution in [0.25, 0.3) is 16.9 Å². The summed E-state index contributed by atoms with van der Waals surface area (Å²) < 4.78 is 15.7. The van der Waals surface area contributed by atoms with Crippen LogP contribution in [0, 0.1) is 5.82 Å². The van der Waals surface area contributed by atoms with Gasteiger partial charge in [-0.25, -0.2) is 9.07 Å². The molecule has 1 atom stereocenters. The Morgan fingerprint density at radius 2 is 1.33 bits per heavy atom. The van der Waals surface area contributed by atoms with Gasteiger partial charge in [-0.2, -0.15) is 5.10 Å². The van der Waals surface area contributed by atoms with Crippen LogP contribution in [0.1, 0.15) is 17.2 Å². The van der Waals surface area contributed by atoms with Crippen LogP contribution in [0.5, 0.6) is 0 Å². The Kier molecular flexibility index (Phi) is 4.65. The molecule has 0 aliphatic carbocycles. The predicted octanol–water partition coefficient (Wildman–Crippen LogP) is 6.94. The Hall–Kier alpha value is -4.38. The lowest BCUT2D eigenvalue weighted by Crippen LogP contribution is -2.12. The number of halogens is 1. The fourth-order valence-corrected chi connectivity index (χ4v) is 4.37. The van der Waals surface area contributed by atoms with E-state index in [0.717, 1.165) is 45.3 Å². The zero-order chi connectivity index (χ0) is 22.2. The van der Waals surface area contributed by atoms with Crippen molar-refractivity contribution in [2.24, 2.45) is 0 Å². The first-order valence-corrected chi connectivity index (χ1v) is 10.9. The standard InChI is InChI=1S/C28H21FN4/c29-21-17-15-20(16-18-21)26-25-27(19-9-3-1-4-10-19)32-33(22-11-5-2-6-12-22)28(25)31-24-14-8-7-13-23(24)30-26/h1-18,26,30-31H/t26-/m1/s1. The van der Waals surface area contributed by atoms with Gasteiger partial charge in [0.05, 0.1) is 23.1 Å². The third kappa shape index (κ3) is 3.44. The summed E-state index contributed by atoms with van der Waals surface area (Å²) in [5.41, 5.74) is 6.75. The second kappa shape index (κ2) is 7.95. The molecule has 4 aromatic carbocycles. The zero-order valence-corrected chi connectivity index (χ0v) is 17.7. The maximum atomic E-state index is 13.8. The summed E-state index contributed by atoms with van der Waals surface area (Å²) in [6.07, 6.45) is 0. The van der Waals surface area contributed by atoms with E-state index >= 15 is 0 Å². The van der Waals surface area contributed by atoms with E-state index in [1.165, 1.54) is 12.1 Å². The van der Waals surface area contributed by atoms with Gasteiger partial charge in [0.1, 0.15) is 17.3 Å². The molecule has 0 unspecified atom stereocenters. The molecule has 0 spiro atoms. The van der Waals surface area contributed by atoms with E-state index in [1.54, 1.807) is 0 Å². The minimum Gasteiger partial charge on any atom is -0.372 e. The highest BCUT2D eigenvalue weighted by atomic mass is 19.1. The normalized spacial score (nSPS) is 14.4. The van der Waals surface area contributed by atoms with Crippen LogP contribution in [-0.2, 0) is 0 Å². The molecule has 0 saturated carbocycles. The third-order valence-electron chi connectivity index (χ3n) is 5.94. The van der Waals surface area contributed by atoms with Crippen molar-refractivity contribution in [2.45, 2.75) is 6.04 Å². The highest BCUT2D eigenvalue weighted by Crippen LogP contribution is 2.45. The Morgan fingerprint density at radius 1 is 0.697 bits per heavy atom. The van der Waals surface area contributed by atoms with Crippen LogP contribution in [0.2, 0.25) is 0 Å². The van der Waals surface area contributed by atoms with E-state index in [0.29, 0.717) is 0 Å². The molecule has 5 aromatic rings. The third-order valence-corrected chi connectivity index (χ3v) is 5.94. The Bertz CT molecular complexity index is 1410. The van der Waals surface area contributed by atoms with E-state index in [4.69, 9.17) is 5.10 Å². The average molecular weight is 433 g/mol. The molecule has 0 saturated heterocycles. The van der Waals surface area contributed by atoms with Gasteiger partial charge in [-0.15, -0.1) is 0 Å². The minimum absolute atomic E-state index is 0.232. The van der Waals surface area contributed by atoms with Gasteiger partial charge in [0, 0.05) is 11.1 Å². The van der Waals surface area contributed by atoms with Gasteiger partial charge >= 0.3 is 0 Å². The number of para-hydroxylation sites is 3. The van der Waals surface area contributed by atoms with Gasteiger partial charge in [-0.05, 0) is 42.0 Å². The van der Waals surface area contributed by atoms with Crippen molar-refractivity contribution in [2.75, 3.05) is 10.6 Å². The Labute approximate surface area is 191 Å². The molecule has 1 aliphatic rings. The van der Waals surface area contributed by atoms with E-state index in [9.17, 15) is 4.39 Å². The molecule has 5 heteroatoms. The van der Waals surface area contributed by atoms with Gasteiger partial charge < -0.3 is 10.6 Å². The van der Waals surface area contributed by atoms with Crippen LogP contribution in [0.3, 0.4) is 0 Å². The number of anilines is 3. The van der Waals surface area contributed by atoms with E-state index in [-0.39, 0.29) is 11.9 Å². The Balaban J connectivity index is 1.66. The first-order chi connectivity index (χ1) is 16.3. The summed E-state index contributed by atoms with van der Waals surface area (Å²) in [6, 6.07) is 34.8. The summed E-state index contributed by atoms with van der Waals surface area (Å²) in [4.78, 5) is 0. The number of hydrogen-bond acceptors (Lipinski definition) is 3. The van der Waals surface area contributed by atoms with Crippen molar-refractivity contribution in [1.29, 1.82) is 0 Å². The van der Waals surface area contributed by atoms with E-state index in [1.807, 2.05) is 89.6 Å². The Morgan fingerprint density at radius 3 is 2.06 bits per heavy atom. The van der Waals surface area contributed by atoms with Crippen molar-refractivity contribution in [1.82, 2.24) is 9.78 Å². The molecule has 0 radical (unpaired) electrons. The van der Waals surface area contributed by atoms with Crippen LogP contribution in [-0.4, -0.2) is 9.78 Å². The number of rotatable bonds is 3. The second-order valence-corrected chi connectivity index (χ2v) is 8.02. The minimum atomic E-state index is -0.255. The van der Waals surface area contributed by atoms with Crippen molar-refractivity contribution in [3.8, 4) is 16.9 Å². The van der Waals surface area contributed by atoms with Gasteiger partial charge in [0.15, 0.2) is 0 Å². The molecule has 2 heterocycles. The molecule has 160 valence electrons. The zero-order valence-electron chi connectivity index (χ0n) is 17.7. The monoisotopic (exact) mass is 432 g/mol. The molecule has 2 N–H and O–H groups in total. The fraction of sp³-hybridized carbons (Fsp3) is 0.0357. The highest BCUT2D eigenvalue weighted by Gasteiger charge is 2.31. The van der Waals surface area contributed by atoms with Crippen molar-refractivity contribution >= 4 is 17.2 Å². The van der Waals surface area contributed by atoms with Crippen LogP contribution < -0.4 is 10.6 Å². The largest absolute Gasteiger partial charge is 0.372 e. The first-order valence-electron chi connectivity index (χ1n) is 10.9. The molecular weight excluding hydrogens is 411 g/mol. The fourth-order valence-electron chi connectivity index (χ4n) is 4.37. The molecule has 0 fully saturated rings. The molecular formula is C28H21FN4. The predicted molar refractivity (Wildman–Crippen MR) is 131 cm³/mol. The van der Waals surface area contributed by atoms with Gasteiger partial charge in [0.2, 0.25) is 0 Å².